The van der Waals surface area contributed by atoms with Gasteiger partial charge >= 0.3 is 0 Å². The molecule has 0 aliphatic heterocycles. The van der Waals surface area contributed by atoms with E-state index in [4.69, 9.17) is 0 Å². The Labute approximate surface area is 163 Å². The van der Waals surface area contributed by atoms with Gasteiger partial charge in [-0.3, -0.25) is 14.6 Å². The summed E-state index contributed by atoms with van der Waals surface area (Å²) in [6.07, 6.45) is 4.37. The van der Waals surface area contributed by atoms with Gasteiger partial charge in [0, 0.05) is 23.5 Å². The van der Waals surface area contributed by atoms with E-state index in [-0.39, 0.29) is 23.9 Å². The third kappa shape index (κ3) is 3.86. The topological polar surface area (TPSA) is 87.7 Å². The molecule has 1 atom stereocenters. The minimum atomic E-state index is -0.294. The van der Waals surface area contributed by atoms with Crippen molar-refractivity contribution in [3.63, 3.8) is 0 Å². The van der Waals surface area contributed by atoms with Crippen LogP contribution in [0.3, 0.4) is 0 Å². The number of hydrogen-bond acceptors (Lipinski definition) is 4. The molecule has 0 bridgehead atoms. The molecule has 0 radical (unpaired) electrons. The van der Waals surface area contributed by atoms with Gasteiger partial charge in [-0.1, -0.05) is 30.3 Å². The molecule has 6 nitrogen and oxygen atoms in total. The molecule has 0 saturated carbocycles. The summed E-state index contributed by atoms with van der Waals surface area (Å²) in [5.41, 5.74) is 3.89. The van der Waals surface area contributed by atoms with Crippen LogP contribution in [-0.4, -0.2) is 26.9 Å². The molecule has 0 saturated heterocycles. The smallest absolute Gasteiger partial charge is 0.255 e. The fraction of sp³-hybridized carbons (Fsp3) is 0.273. The van der Waals surface area contributed by atoms with E-state index in [1.807, 2.05) is 12.1 Å². The molecule has 1 aliphatic rings. The highest BCUT2D eigenvalue weighted by atomic mass is 16.2. The maximum Gasteiger partial charge on any atom is 0.255 e. The summed E-state index contributed by atoms with van der Waals surface area (Å²) in [7, 11) is 0. The van der Waals surface area contributed by atoms with Gasteiger partial charge in [0.1, 0.15) is 5.69 Å². The number of rotatable bonds is 4. The van der Waals surface area contributed by atoms with Crippen LogP contribution >= 0.6 is 0 Å². The number of H-pyrrole nitrogens is 1. The van der Waals surface area contributed by atoms with E-state index in [9.17, 15) is 9.59 Å². The van der Waals surface area contributed by atoms with Gasteiger partial charge in [0.2, 0.25) is 5.91 Å². The number of aromatic amines is 1. The Morgan fingerprint density at radius 3 is 2.71 bits per heavy atom. The van der Waals surface area contributed by atoms with Crippen molar-refractivity contribution in [1.82, 2.24) is 20.3 Å². The van der Waals surface area contributed by atoms with Gasteiger partial charge < -0.3 is 10.3 Å². The average Bonchev–Trinajstić information content (AvgIpc) is 2.71. The number of aromatic nitrogens is 3. The lowest BCUT2D eigenvalue weighted by molar-refractivity contribution is -0.121. The first-order valence-electron chi connectivity index (χ1n) is 9.47. The summed E-state index contributed by atoms with van der Waals surface area (Å²) in [4.78, 5) is 36.5. The van der Waals surface area contributed by atoms with E-state index < -0.39 is 0 Å². The summed E-state index contributed by atoms with van der Waals surface area (Å²) in [5, 5.41) is 3.08. The van der Waals surface area contributed by atoms with Crippen LogP contribution in [0.15, 0.2) is 53.5 Å². The summed E-state index contributed by atoms with van der Waals surface area (Å²) in [5.74, 6) is 0.265. The van der Waals surface area contributed by atoms with Crippen LogP contribution in [-0.2, 0) is 24.1 Å². The van der Waals surface area contributed by atoms with Crippen molar-refractivity contribution in [2.24, 2.45) is 0 Å². The molecule has 0 spiro atoms. The highest BCUT2D eigenvalue weighted by Crippen LogP contribution is 2.21. The van der Waals surface area contributed by atoms with Gasteiger partial charge in [0.15, 0.2) is 5.82 Å². The molecular weight excluding hydrogens is 352 g/mol. The number of hydrogen-bond donors (Lipinski definition) is 2. The lowest BCUT2D eigenvalue weighted by atomic mass is 9.88. The van der Waals surface area contributed by atoms with Crippen molar-refractivity contribution in [2.75, 3.05) is 0 Å². The van der Waals surface area contributed by atoms with Crippen LogP contribution in [0, 0.1) is 6.92 Å². The minimum Gasteiger partial charge on any atom is -0.353 e. The van der Waals surface area contributed by atoms with E-state index in [2.05, 4.69) is 38.5 Å². The predicted molar refractivity (Wildman–Crippen MR) is 107 cm³/mol. The Balaban J connectivity index is 1.46. The Kier molecular flexibility index (Phi) is 5.02. The standard InChI is InChI=1S/C22H22N4O2/c1-14-18(22(28)26-21(24-14)19-8-4-5-11-23-19)13-20(27)25-17-10-9-15-6-2-3-7-16(15)12-17/h2-8,11,17H,9-10,12-13H2,1H3,(H,25,27)(H,24,26,28). The first-order chi connectivity index (χ1) is 13.6. The van der Waals surface area contributed by atoms with Crippen molar-refractivity contribution >= 4 is 5.91 Å². The number of fused-ring (bicyclic) bond motifs is 1. The molecule has 1 amide bonds. The third-order valence-corrected chi connectivity index (χ3v) is 5.18. The van der Waals surface area contributed by atoms with Crippen molar-refractivity contribution in [3.8, 4) is 11.5 Å². The maximum absolute atomic E-state index is 12.5. The van der Waals surface area contributed by atoms with Crippen LogP contribution in [0.4, 0.5) is 0 Å². The van der Waals surface area contributed by atoms with Gasteiger partial charge in [0.05, 0.1) is 6.42 Å². The van der Waals surface area contributed by atoms with E-state index in [1.165, 1.54) is 11.1 Å². The summed E-state index contributed by atoms with van der Waals surface area (Å²) < 4.78 is 0. The SMILES string of the molecule is Cc1nc(-c2ccccn2)[nH]c(=O)c1CC(=O)NC1CCc2ccccc2C1. The van der Waals surface area contributed by atoms with E-state index in [0.29, 0.717) is 22.8 Å². The second kappa shape index (κ2) is 7.76. The zero-order chi connectivity index (χ0) is 19.5. The van der Waals surface area contributed by atoms with Crippen LogP contribution in [0.1, 0.15) is 28.8 Å². The molecular formula is C22H22N4O2. The molecule has 2 N–H and O–H groups in total. The molecule has 1 unspecified atom stereocenters. The molecule has 2 heterocycles. The number of amides is 1. The zero-order valence-electron chi connectivity index (χ0n) is 15.7. The largest absolute Gasteiger partial charge is 0.353 e. The molecule has 6 heteroatoms. The monoisotopic (exact) mass is 374 g/mol. The molecule has 3 aromatic rings. The van der Waals surface area contributed by atoms with Crippen LogP contribution in [0.25, 0.3) is 11.5 Å². The Bertz CT molecular complexity index is 1060. The normalized spacial score (nSPS) is 15.7. The predicted octanol–water partition coefficient (Wildman–Crippen LogP) is 2.36. The molecule has 2 aromatic heterocycles. The van der Waals surface area contributed by atoms with Crippen molar-refractivity contribution in [1.29, 1.82) is 0 Å². The molecule has 0 fully saturated rings. The maximum atomic E-state index is 12.5. The summed E-state index contributed by atoms with van der Waals surface area (Å²) in [6.45, 7) is 1.75. The van der Waals surface area contributed by atoms with Gasteiger partial charge in [-0.05, 0) is 49.4 Å². The fourth-order valence-electron chi connectivity index (χ4n) is 3.70. The fourth-order valence-corrected chi connectivity index (χ4v) is 3.70. The number of nitrogens with one attached hydrogen (secondary N) is 2. The van der Waals surface area contributed by atoms with Crippen molar-refractivity contribution in [3.05, 3.63) is 81.4 Å². The number of carbonyl (C=O) groups excluding carboxylic acids is 1. The number of benzene rings is 1. The number of aryl methyl sites for hydroxylation is 2. The van der Waals surface area contributed by atoms with E-state index in [0.717, 1.165) is 19.3 Å². The Morgan fingerprint density at radius 1 is 1.18 bits per heavy atom. The van der Waals surface area contributed by atoms with Crippen LogP contribution < -0.4 is 10.9 Å². The quantitative estimate of drug-likeness (QED) is 0.734. The lowest BCUT2D eigenvalue weighted by Crippen LogP contribution is -2.40. The first kappa shape index (κ1) is 18.1. The van der Waals surface area contributed by atoms with Crippen LogP contribution in [0.2, 0.25) is 0 Å². The molecule has 4 rings (SSSR count). The second-order valence-electron chi connectivity index (χ2n) is 7.15. The van der Waals surface area contributed by atoms with Crippen LogP contribution in [0.5, 0.6) is 0 Å². The van der Waals surface area contributed by atoms with Gasteiger partial charge in [-0.15, -0.1) is 0 Å². The van der Waals surface area contributed by atoms with Gasteiger partial charge in [-0.2, -0.15) is 0 Å². The Morgan fingerprint density at radius 2 is 1.96 bits per heavy atom. The third-order valence-electron chi connectivity index (χ3n) is 5.18. The van der Waals surface area contributed by atoms with E-state index in [1.54, 1.807) is 25.3 Å². The lowest BCUT2D eigenvalue weighted by Gasteiger charge is -2.25. The molecule has 28 heavy (non-hydrogen) atoms. The van der Waals surface area contributed by atoms with Crippen molar-refractivity contribution < 1.29 is 4.79 Å². The molecule has 142 valence electrons. The van der Waals surface area contributed by atoms with Gasteiger partial charge in [-0.25, -0.2) is 4.98 Å². The second-order valence-corrected chi connectivity index (χ2v) is 7.15. The Hall–Kier alpha value is -3.28. The first-order valence-corrected chi connectivity index (χ1v) is 9.47. The highest BCUT2D eigenvalue weighted by molar-refractivity contribution is 5.79. The molecule has 1 aliphatic carbocycles. The number of carbonyl (C=O) groups is 1. The van der Waals surface area contributed by atoms with E-state index >= 15 is 0 Å². The average molecular weight is 374 g/mol. The zero-order valence-corrected chi connectivity index (χ0v) is 15.7. The van der Waals surface area contributed by atoms with Gasteiger partial charge in [0.25, 0.3) is 5.56 Å². The molecule has 1 aromatic carbocycles. The highest BCUT2D eigenvalue weighted by Gasteiger charge is 2.21. The summed E-state index contributed by atoms with van der Waals surface area (Å²) in [6, 6.07) is 13.9. The minimum absolute atomic E-state index is 0.0226. The van der Waals surface area contributed by atoms with Crippen molar-refractivity contribution in [2.45, 2.75) is 38.6 Å². The summed E-state index contributed by atoms with van der Waals surface area (Å²) >= 11 is 0. The number of nitrogens with zero attached hydrogens (tertiary/aromatic N) is 2. The number of pyridine rings is 1.